The minimum absolute atomic E-state index is 0.0100. The molecular formula is C54H57ClN8O9. The van der Waals surface area contributed by atoms with Crippen molar-refractivity contribution >= 4 is 51.7 Å². The van der Waals surface area contributed by atoms with Crippen LogP contribution in [0.25, 0.3) is 50.5 Å². The van der Waals surface area contributed by atoms with Crippen LogP contribution in [0.4, 0.5) is 11.5 Å². The van der Waals surface area contributed by atoms with Gasteiger partial charge in [0.05, 0.1) is 63.5 Å². The average molecular weight is 998 g/mol. The zero-order valence-corrected chi connectivity index (χ0v) is 41.8. The lowest BCUT2D eigenvalue weighted by atomic mass is 9.89. The number of carbonyl (C=O) groups excluding carboxylic acids is 2. The number of fused-ring (bicyclic) bond motifs is 3. The summed E-state index contributed by atoms with van der Waals surface area (Å²) >= 11 is 6.26. The molecule has 0 radical (unpaired) electrons. The van der Waals surface area contributed by atoms with E-state index in [1.54, 1.807) is 16.6 Å². The number of carbonyl (C=O) groups is 2. The summed E-state index contributed by atoms with van der Waals surface area (Å²) in [6.45, 7) is 6.89. The van der Waals surface area contributed by atoms with Gasteiger partial charge in [-0.1, -0.05) is 35.9 Å². The van der Waals surface area contributed by atoms with Crippen molar-refractivity contribution in [3.8, 4) is 45.2 Å². The highest BCUT2D eigenvalue weighted by Crippen LogP contribution is 2.42. The summed E-state index contributed by atoms with van der Waals surface area (Å²) in [5.74, 6) is 1.27. The largest absolute Gasteiger partial charge is 0.545 e. The van der Waals surface area contributed by atoms with Gasteiger partial charge in [-0.25, -0.2) is 9.56 Å². The highest BCUT2D eigenvalue weighted by molar-refractivity contribution is 6.30. The van der Waals surface area contributed by atoms with Crippen molar-refractivity contribution in [3.63, 3.8) is 0 Å². The van der Waals surface area contributed by atoms with Gasteiger partial charge < -0.3 is 53.5 Å². The van der Waals surface area contributed by atoms with Crippen molar-refractivity contribution < 1.29 is 42.8 Å². The van der Waals surface area contributed by atoms with Gasteiger partial charge in [-0.3, -0.25) is 4.79 Å². The lowest BCUT2D eigenvalue weighted by molar-refractivity contribution is -0.254. The molecular weight excluding hydrogens is 940 g/mol. The van der Waals surface area contributed by atoms with Crippen LogP contribution in [0.3, 0.4) is 0 Å². The molecule has 0 saturated heterocycles. The second-order valence-corrected chi connectivity index (χ2v) is 17.9. The number of halogens is 1. The Balaban J connectivity index is 0.757. The summed E-state index contributed by atoms with van der Waals surface area (Å²) in [5, 5.41) is 25.5. The van der Waals surface area contributed by atoms with Gasteiger partial charge in [-0.05, 0) is 74.0 Å². The van der Waals surface area contributed by atoms with Gasteiger partial charge in [0.1, 0.15) is 55.7 Å². The highest BCUT2D eigenvalue weighted by Gasteiger charge is 2.22. The number of nitrogens with zero attached hydrogens (tertiary/aromatic N) is 6. The molecule has 6 aromatic rings. The van der Waals surface area contributed by atoms with Crippen LogP contribution in [0.15, 0.2) is 114 Å². The molecule has 17 nitrogen and oxygen atoms in total. The Bertz CT molecular complexity index is 3240. The first-order valence-corrected chi connectivity index (χ1v) is 23.9. The Labute approximate surface area is 421 Å². The topological polar surface area (TPSA) is 190 Å². The third kappa shape index (κ3) is 12.5. The molecule has 2 aromatic heterocycles. The molecule has 0 fully saturated rings. The van der Waals surface area contributed by atoms with Crippen molar-refractivity contribution in [1.82, 2.24) is 29.5 Å². The second kappa shape index (κ2) is 23.6. The van der Waals surface area contributed by atoms with Crippen LogP contribution in [0, 0.1) is 0 Å². The van der Waals surface area contributed by atoms with Crippen molar-refractivity contribution in [1.29, 1.82) is 0 Å². The van der Waals surface area contributed by atoms with Gasteiger partial charge in [0.15, 0.2) is 0 Å². The van der Waals surface area contributed by atoms with E-state index in [0.717, 1.165) is 33.1 Å². The number of aromatic nitrogens is 4. The van der Waals surface area contributed by atoms with Crippen LogP contribution < -0.4 is 40.0 Å². The average Bonchev–Trinajstić information content (AvgIpc) is 3.85. The van der Waals surface area contributed by atoms with Crippen LogP contribution in [0.5, 0.6) is 11.5 Å². The Morgan fingerprint density at radius 1 is 0.847 bits per heavy atom. The van der Waals surface area contributed by atoms with Gasteiger partial charge >= 0.3 is 0 Å². The number of rotatable bonds is 23. The zero-order chi connectivity index (χ0) is 50.7. The summed E-state index contributed by atoms with van der Waals surface area (Å²) in [4.78, 5) is 36.9. The number of aromatic carboxylic acids is 1. The minimum atomic E-state index is -1.40. The Morgan fingerprint density at radius 3 is 2.36 bits per heavy atom. The molecule has 0 atom stereocenters. The van der Waals surface area contributed by atoms with Crippen LogP contribution in [0.1, 0.15) is 40.1 Å². The predicted octanol–water partition coefficient (Wildman–Crippen LogP) is 6.68. The lowest BCUT2D eigenvalue weighted by Gasteiger charge is -2.20. The van der Waals surface area contributed by atoms with Crippen molar-refractivity contribution in [2.75, 3.05) is 91.2 Å². The van der Waals surface area contributed by atoms with E-state index in [0.29, 0.717) is 102 Å². The van der Waals surface area contributed by atoms with E-state index in [-0.39, 0.29) is 30.4 Å². The number of ether oxygens (including phenoxy) is 5. The third-order valence-electron chi connectivity index (χ3n) is 11.5. The first-order valence-electron chi connectivity index (χ1n) is 23.5. The monoisotopic (exact) mass is 996 g/mol. The molecule has 4 aromatic carbocycles. The molecule has 0 saturated carbocycles. The molecule has 0 spiro atoms. The summed E-state index contributed by atoms with van der Waals surface area (Å²) < 4.78 is 39.0. The number of benzene rings is 5. The van der Waals surface area contributed by atoms with Crippen LogP contribution in [-0.4, -0.2) is 119 Å². The fourth-order valence-electron chi connectivity index (χ4n) is 7.94. The second-order valence-electron chi connectivity index (χ2n) is 17.4. The fraction of sp³-hybridized carbons (Fsp3) is 0.296. The molecule has 374 valence electrons. The van der Waals surface area contributed by atoms with Gasteiger partial charge in [-0.15, -0.1) is 0 Å². The van der Waals surface area contributed by atoms with Gasteiger partial charge in [0.25, 0.3) is 11.7 Å². The number of hydrogen-bond donors (Lipinski definition) is 2. The van der Waals surface area contributed by atoms with E-state index < -0.39 is 11.9 Å². The zero-order valence-electron chi connectivity index (χ0n) is 41.1. The molecule has 2 N–H and O–H groups in total. The maximum atomic E-state index is 13.2. The summed E-state index contributed by atoms with van der Waals surface area (Å²) in [6.07, 6.45) is 1.45. The molecule has 0 unspecified atom stereocenters. The van der Waals surface area contributed by atoms with E-state index in [9.17, 15) is 14.7 Å². The molecule has 3 heterocycles. The number of amides is 1. The lowest BCUT2D eigenvalue weighted by Crippen LogP contribution is -2.29. The first-order chi connectivity index (χ1) is 34.8. The van der Waals surface area contributed by atoms with Crippen molar-refractivity contribution in [3.05, 3.63) is 137 Å². The van der Waals surface area contributed by atoms with Gasteiger partial charge in [0, 0.05) is 94.9 Å². The van der Waals surface area contributed by atoms with Crippen LogP contribution >= 0.6 is 11.6 Å². The SMILES string of the molecule is CC(C)Oc1cc(Cl)ccc1CNc1cc(-c2cccc(OCCOCCOCCOCCNC(=O)c3ccc(-c4c5ccc(=[N+](C)C)cc-5oc5cc(N(C)C)ccc45)c(C(=O)[O-])c3)c2)nc2ncnn12. The predicted molar refractivity (Wildman–Crippen MR) is 275 cm³/mol. The Hall–Kier alpha value is -7.57. The molecule has 0 bridgehead atoms. The first kappa shape index (κ1) is 50.8. The van der Waals surface area contributed by atoms with E-state index in [2.05, 4.69) is 20.7 Å². The Kier molecular flexibility index (Phi) is 16.6. The summed E-state index contributed by atoms with van der Waals surface area (Å²) in [7, 11) is 7.75. The van der Waals surface area contributed by atoms with Crippen molar-refractivity contribution in [2.24, 2.45) is 0 Å². The molecule has 1 aliphatic carbocycles. The van der Waals surface area contributed by atoms with E-state index >= 15 is 0 Å². The van der Waals surface area contributed by atoms with E-state index in [1.165, 1.54) is 12.4 Å². The van der Waals surface area contributed by atoms with Crippen LogP contribution in [-0.2, 0) is 20.8 Å². The number of carboxylic acid groups (broad SMARTS) is 1. The van der Waals surface area contributed by atoms with E-state index in [4.69, 9.17) is 44.7 Å². The third-order valence-corrected chi connectivity index (χ3v) is 11.7. The number of carboxylic acids is 1. The van der Waals surface area contributed by atoms with Gasteiger partial charge in [0.2, 0.25) is 5.36 Å². The number of hydrogen-bond acceptors (Lipinski definition) is 14. The summed E-state index contributed by atoms with van der Waals surface area (Å²) in [5.41, 5.74) is 5.86. The highest BCUT2D eigenvalue weighted by atomic mass is 35.5. The smallest absolute Gasteiger partial charge is 0.254 e. The molecule has 8 rings (SSSR count). The number of nitrogens with one attached hydrogen (secondary N) is 2. The fourth-order valence-corrected chi connectivity index (χ4v) is 8.10. The maximum Gasteiger partial charge on any atom is 0.254 e. The molecule has 72 heavy (non-hydrogen) atoms. The van der Waals surface area contributed by atoms with E-state index in [1.807, 2.05) is 136 Å². The minimum Gasteiger partial charge on any atom is -0.545 e. The van der Waals surface area contributed by atoms with Gasteiger partial charge in [-0.2, -0.15) is 14.6 Å². The standard InChI is InChI=1S/C54H57ClN8O9/c1-34(2)71-47-28-38(55)12-10-37(47)32-57-50-31-46(60-54-58-33-59-63(50)54)35-8-7-9-41(26-35)70-25-24-69-23-22-68-21-20-67-19-18-56-52(64)36-11-15-42(45(27-36)53(65)66)51-43-16-13-39(61(3)4)29-48(43)72-49-30-40(62(5)6)14-17-44(49)51/h7-17,26-31,33-34H,18-25,32H2,1-6H3,(H2-,56,57,58,59,60,64,65,66). The Morgan fingerprint density at radius 2 is 1.61 bits per heavy atom. The maximum absolute atomic E-state index is 13.2. The quantitative estimate of drug-likeness (QED) is 0.0392. The molecule has 2 aliphatic rings. The van der Waals surface area contributed by atoms with Crippen molar-refractivity contribution in [2.45, 2.75) is 26.5 Å². The normalized spacial score (nSPS) is 11.4. The molecule has 1 aliphatic heterocycles. The van der Waals surface area contributed by atoms with Crippen LogP contribution in [0.2, 0.25) is 5.02 Å². The molecule has 18 heteroatoms. The summed E-state index contributed by atoms with van der Waals surface area (Å²) in [6, 6.07) is 31.3. The number of anilines is 2. The molecule has 1 amide bonds.